The van der Waals surface area contributed by atoms with Gasteiger partial charge in [-0.25, -0.2) is 18.5 Å². The smallest absolute Gasteiger partial charge is 0.238 e. The van der Waals surface area contributed by atoms with Gasteiger partial charge in [0.15, 0.2) is 11.6 Å². The van der Waals surface area contributed by atoms with E-state index < -0.39 is 10.0 Å². The molecule has 102 valence electrons. The number of nitrogens with one attached hydrogen (secondary N) is 1. The molecule has 1 aromatic carbocycles. The maximum absolute atomic E-state index is 11.2. The molecular formula is C12H10N4O2S2. The molecule has 6 nitrogen and oxygen atoms in total. The maximum atomic E-state index is 11.2. The minimum absolute atomic E-state index is 0.0651. The lowest BCUT2D eigenvalue weighted by molar-refractivity contribution is 0.598. The van der Waals surface area contributed by atoms with Gasteiger partial charge in [0.05, 0.1) is 9.77 Å². The molecule has 20 heavy (non-hydrogen) atoms. The minimum atomic E-state index is -3.68. The predicted molar refractivity (Wildman–Crippen MR) is 76.5 cm³/mol. The van der Waals surface area contributed by atoms with Crippen molar-refractivity contribution < 1.29 is 8.42 Å². The Morgan fingerprint density at radius 2 is 1.90 bits per heavy atom. The van der Waals surface area contributed by atoms with Crippen molar-refractivity contribution in [3.8, 4) is 22.1 Å². The molecule has 8 heteroatoms. The Balaban J connectivity index is 1.94. The van der Waals surface area contributed by atoms with E-state index in [9.17, 15) is 8.42 Å². The summed E-state index contributed by atoms with van der Waals surface area (Å²) < 4.78 is 22.4. The van der Waals surface area contributed by atoms with Crippen molar-refractivity contribution in [3.63, 3.8) is 0 Å². The largest absolute Gasteiger partial charge is 0.258 e. The van der Waals surface area contributed by atoms with Crippen LogP contribution in [0.25, 0.3) is 22.1 Å². The molecule has 0 spiro atoms. The summed E-state index contributed by atoms with van der Waals surface area (Å²) in [4.78, 5) is 5.43. The van der Waals surface area contributed by atoms with Gasteiger partial charge in [0.25, 0.3) is 0 Å². The summed E-state index contributed by atoms with van der Waals surface area (Å²) in [6.45, 7) is 0. The zero-order valence-corrected chi connectivity index (χ0v) is 11.8. The second kappa shape index (κ2) is 4.82. The van der Waals surface area contributed by atoms with Crippen molar-refractivity contribution in [2.24, 2.45) is 5.14 Å². The highest BCUT2D eigenvalue weighted by Crippen LogP contribution is 2.24. The first-order valence-electron chi connectivity index (χ1n) is 5.63. The SMILES string of the molecule is NS(=O)(=O)c1ccc(-c2n[nH]c(-c3cccs3)n2)cc1. The van der Waals surface area contributed by atoms with E-state index in [-0.39, 0.29) is 4.90 Å². The van der Waals surface area contributed by atoms with Crippen LogP contribution in [0.15, 0.2) is 46.7 Å². The standard InChI is InChI=1S/C12H10N4O2S2/c13-20(17,18)9-5-3-8(4-6-9)11-14-12(16-15-11)10-2-1-7-19-10/h1-7H,(H2,13,17,18)(H,14,15,16). The highest BCUT2D eigenvalue weighted by Gasteiger charge is 2.11. The molecule has 0 aliphatic heterocycles. The number of hydrogen-bond acceptors (Lipinski definition) is 5. The Hall–Kier alpha value is -2.03. The molecule has 0 saturated heterocycles. The summed E-state index contributed by atoms with van der Waals surface area (Å²) in [7, 11) is -3.68. The number of hydrogen-bond donors (Lipinski definition) is 2. The highest BCUT2D eigenvalue weighted by molar-refractivity contribution is 7.89. The zero-order valence-electron chi connectivity index (χ0n) is 10.1. The normalized spacial score (nSPS) is 11.7. The van der Waals surface area contributed by atoms with Gasteiger partial charge in [0.2, 0.25) is 10.0 Å². The Morgan fingerprint density at radius 1 is 1.15 bits per heavy atom. The van der Waals surface area contributed by atoms with E-state index in [1.54, 1.807) is 23.5 Å². The maximum Gasteiger partial charge on any atom is 0.238 e. The van der Waals surface area contributed by atoms with Crippen LogP contribution >= 0.6 is 11.3 Å². The van der Waals surface area contributed by atoms with Gasteiger partial charge >= 0.3 is 0 Å². The molecule has 0 radical (unpaired) electrons. The average molecular weight is 306 g/mol. The number of nitrogens with two attached hydrogens (primary N) is 1. The van der Waals surface area contributed by atoms with E-state index in [1.165, 1.54) is 12.1 Å². The molecule has 0 bridgehead atoms. The molecule has 3 rings (SSSR count). The van der Waals surface area contributed by atoms with E-state index in [1.807, 2.05) is 17.5 Å². The Kier molecular flexibility index (Phi) is 3.13. The first-order chi connectivity index (χ1) is 9.54. The van der Waals surface area contributed by atoms with E-state index in [4.69, 9.17) is 5.14 Å². The molecule has 2 heterocycles. The number of H-pyrrole nitrogens is 1. The molecule has 0 fully saturated rings. The van der Waals surface area contributed by atoms with Crippen molar-refractivity contribution >= 4 is 21.4 Å². The van der Waals surface area contributed by atoms with Gasteiger partial charge in [-0.3, -0.25) is 5.10 Å². The number of sulfonamides is 1. The molecule has 3 aromatic rings. The lowest BCUT2D eigenvalue weighted by Crippen LogP contribution is -2.11. The summed E-state index contributed by atoms with van der Waals surface area (Å²) in [5, 5.41) is 14.0. The number of benzene rings is 1. The predicted octanol–water partition coefficient (Wildman–Crippen LogP) is 1.85. The van der Waals surface area contributed by atoms with Crippen LogP contribution in [-0.2, 0) is 10.0 Å². The Labute approximate surface area is 119 Å². The average Bonchev–Trinajstić information content (AvgIpc) is 3.09. The summed E-state index contributed by atoms with van der Waals surface area (Å²) in [5.41, 5.74) is 0.719. The van der Waals surface area contributed by atoms with Crippen LogP contribution in [-0.4, -0.2) is 23.6 Å². The molecule has 3 N–H and O–H groups in total. The lowest BCUT2D eigenvalue weighted by atomic mass is 10.2. The molecule has 0 atom stereocenters. The number of thiophene rings is 1. The summed E-state index contributed by atoms with van der Waals surface area (Å²) in [5.74, 6) is 1.19. The molecule has 0 aliphatic carbocycles. The highest BCUT2D eigenvalue weighted by atomic mass is 32.2. The topological polar surface area (TPSA) is 102 Å². The van der Waals surface area contributed by atoms with Crippen molar-refractivity contribution in [3.05, 3.63) is 41.8 Å². The number of nitrogens with zero attached hydrogens (tertiary/aromatic N) is 2. The third-order valence-corrected chi connectivity index (χ3v) is 4.49. The second-order valence-corrected chi connectivity index (χ2v) is 6.56. The van der Waals surface area contributed by atoms with Gasteiger partial charge in [-0.05, 0) is 35.7 Å². The fourth-order valence-corrected chi connectivity index (χ4v) is 2.89. The molecular weight excluding hydrogens is 296 g/mol. The number of aromatic nitrogens is 3. The first-order valence-corrected chi connectivity index (χ1v) is 8.06. The Morgan fingerprint density at radius 3 is 2.50 bits per heavy atom. The minimum Gasteiger partial charge on any atom is -0.258 e. The van der Waals surface area contributed by atoms with Crippen LogP contribution in [0, 0.1) is 0 Å². The molecule has 0 amide bonds. The first kappa shape index (κ1) is 13.0. The van der Waals surface area contributed by atoms with Gasteiger partial charge in [0, 0.05) is 5.56 Å². The zero-order chi connectivity index (χ0) is 14.2. The van der Waals surface area contributed by atoms with Crippen molar-refractivity contribution in [1.29, 1.82) is 0 Å². The number of aromatic amines is 1. The van der Waals surface area contributed by atoms with Crippen molar-refractivity contribution in [1.82, 2.24) is 15.2 Å². The number of rotatable bonds is 3. The van der Waals surface area contributed by atoms with Crippen LogP contribution < -0.4 is 5.14 Å². The van der Waals surface area contributed by atoms with E-state index in [2.05, 4.69) is 15.2 Å². The third kappa shape index (κ3) is 2.48. The van der Waals surface area contributed by atoms with Gasteiger partial charge in [-0.15, -0.1) is 11.3 Å². The lowest BCUT2D eigenvalue weighted by Gasteiger charge is -1.98. The van der Waals surface area contributed by atoms with E-state index in [0.717, 1.165) is 10.4 Å². The molecule has 0 saturated carbocycles. The van der Waals surface area contributed by atoms with Crippen LogP contribution in [0.1, 0.15) is 0 Å². The molecule has 2 aromatic heterocycles. The van der Waals surface area contributed by atoms with E-state index >= 15 is 0 Å². The van der Waals surface area contributed by atoms with Gasteiger partial charge in [-0.2, -0.15) is 5.10 Å². The van der Waals surface area contributed by atoms with Gasteiger partial charge in [0.1, 0.15) is 0 Å². The molecule has 0 unspecified atom stereocenters. The van der Waals surface area contributed by atoms with E-state index in [0.29, 0.717) is 11.6 Å². The number of primary sulfonamides is 1. The summed E-state index contributed by atoms with van der Waals surface area (Å²) in [6.07, 6.45) is 0. The van der Waals surface area contributed by atoms with Gasteiger partial charge < -0.3 is 0 Å². The third-order valence-electron chi connectivity index (χ3n) is 2.68. The monoisotopic (exact) mass is 306 g/mol. The van der Waals surface area contributed by atoms with Crippen molar-refractivity contribution in [2.75, 3.05) is 0 Å². The van der Waals surface area contributed by atoms with Crippen LogP contribution in [0.3, 0.4) is 0 Å². The summed E-state index contributed by atoms with van der Waals surface area (Å²) in [6, 6.07) is 10.0. The fraction of sp³-hybridized carbons (Fsp3) is 0. The van der Waals surface area contributed by atoms with Crippen LogP contribution in [0.5, 0.6) is 0 Å². The fourth-order valence-electron chi connectivity index (χ4n) is 1.71. The quantitative estimate of drug-likeness (QED) is 0.771. The molecule has 0 aliphatic rings. The Bertz CT molecular complexity index is 821. The van der Waals surface area contributed by atoms with Crippen molar-refractivity contribution in [2.45, 2.75) is 4.90 Å². The second-order valence-electron chi connectivity index (χ2n) is 4.05. The summed E-state index contributed by atoms with van der Waals surface area (Å²) >= 11 is 1.56. The van der Waals surface area contributed by atoms with Gasteiger partial charge in [-0.1, -0.05) is 6.07 Å². The van der Waals surface area contributed by atoms with Crippen LogP contribution in [0.4, 0.5) is 0 Å². The van der Waals surface area contributed by atoms with Crippen LogP contribution in [0.2, 0.25) is 0 Å².